The van der Waals surface area contributed by atoms with Gasteiger partial charge in [0.05, 0.1) is 6.54 Å². The highest BCUT2D eigenvalue weighted by Crippen LogP contribution is 2.19. The summed E-state index contributed by atoms with van der Waals surface area (Å²) < 4.78 is 0. The van der Waals surface area contributed by atoms with Crippen LogP contribution in [-0.2, 0) is 17.8 Å². The molecule has 3 rings (SSSR count). The van der Waals surface area contributed by atoms with Crippen molar-refractivity contribution in [3.8, 4) is 0 Å². The van der Waals surface area contributed by atoms with Crippen molar-refractivity contribution >= 4 is 5.91 Å². The van der Waals surface area contributed by atoms with Crippen LogP contribution in [0.3, 0.4) is 0 Å². The summed E-state index contributed by atoms with van der Waals surface area (Å²) >= 11 is 0. The molecular formula is C18H26N2O. The predicted octanol–water partition coefficient (Wildman–Crippen LogP) is 2.88. The van der Waals surface area contributed by atoms with Gasteiger partial charge in [-0.2, -0.15) is 0 Å². The normalized spacial score (nSPS) is 20.6. The summed E-state index contributed by atoms with van der Waals surface area (Å²) in [6, 6.07) is 9.00. The van der Waals surface area contributed by atoms with Crippen LogP contribution in [-0.4, -0.2) is 29.9 Å². The number of carbonyl (C=O) groups is 1. The van der Waals surface area contributed by atoms with Crippen LogP contribution in [0.15, 0.2) is 24.3 Å². The lowest BCUT2D eigenvalue weighted by atomic mass is 10.00. The van der Waals surface area contributed by atoms with Crippen LogP contribution < -0.4 is 5.32 Å². The minimum absolute atomic E-state index is 0.210. The Morgan fingerprint density at radius 3 is 2.57 bits per heavy atom. The van der Waals surface area contributed by atoms with E-state index in [1.165, 1.54) is 36.8 Å². The van der Waals surface area contributed by atoms with Gasteiger partial charge in [-0.15, -0.1) is 0 Å². The van der Waals surface area contributed by atoms with Crippen molar-refractivity contribution in [3.05, 3.63) is 35.4 Å². The Morgan fingerprint density at radius 2 is 1.81 bits per heavy atom. The Hall–Kier alpha value is -1.35. The number of carbonyl (C=O) groups excluding carboxylic acids is 1. The fourth-order valence-electron chi connectivity index (χ4n) is 3.59. The summed E-state index contributed by atoms with van der Waals surface area (Å²) in [6.45, 7) is 2.45. The standard InChI is InChI=1S/C18H26N2O/c21-18(19-17-9-3-1-2-4-10-17)14-20-12-11-15-7-5-6-8-16(15)13-20/h5-8,17H,1-4,9-14H2,(H,19,21). The van der Waals surface area contributed by atoms with Gasteiger partial charge in [0.2, 0.25) is 5.91 Å². The summed E-state index contributed by atoms with van der Waals surface area (Å²) in [5, 5.41) is 3.25. The van der Waals surface area contributed by atoms with Crippen LogP contribution in [0.5, 0.6) is 0 Å². The third kappa shape index (κ3) is 4.07. The van der Waals surface area contributed by atoms with E-state index >= 15 is 0 Å². The zero-order valence-corrected chi connectivity index (χ0v) is 12.8. The van der Waals surface area contributed by atoms with E-state index in [2.05, 4.69) is 34.5 Å². The van der Waals surface area contributed by atoms with Gasteiger partial charge in [0.1, 0.15) is 0 Å². The number of hydrogen-bond acceptors (Lipinski definition) is 2. The molecule has 0 saturated heterocycles. The molecule has 1 fully saturated rings. The number of fused-ring (bicyclic) bond motifs is 1. The second-order valence-electron chi connectivity index (χ2n) is 6.49. The molecule has 1 aromatic carbocycles. The molecule has 1 saturated carbocycles. The van der Waals surface area contributed by atoms with E-state index in [1.54, 1.807) is 0 Å². The van der Waals surface area contributed by atoms with Crippen molar-refractivity contribution in [1.29, 1.82) is 0 Å². The highest BCUT2D eigenvalue weighted by atomic mass is 16.2. The van der Waals surface area contributed by atoms with Crippen molar-refractivity contribution in [2.24, 2.45) is 0 Å². The lowest BCUT2D eigenvalue weighted by Gasteiger charge is -2.28. The van der Waals surface area contributed by atoms with Crippen molar-refractivity contribution in [2.75, 3.05) is 13.1 Å². The molecule has 0 aromatic heterocycles. The highest BCUT2D eigenvalue weighted by Gasteiger charge is 2.20. The highest BCUT2D eigenvalue weighted by molar-refractivity contribution is 5.78. The minimum atomic E-state index is 0.210. The van der Waals surface area contributed by atoms with Gasteiger partial charge in [-0.1, -0.05) is 49.9 Å². The Bertz CT molecular complexity index is 478. The lowest BCUT2D eigenvalue weighted by molar-refractivity contribution is -0.123. The first-order valence-corrected chi connectivity index (χ1v) is 8.40. The Labute approximate surface area is 127 Å². The fraction of sp³-hybridized carbons (Fsp3) is 0.611. The van der Waals surface area contributed by atoms with E-state index in [4.69, 9.17) is 0 Å². The number of nitrogens with zero attached hydrogens (tertiary/aromatic N) is 1. The maximum absolute atomic E-state index is 12.3. The van der Waals surface area contributed by atoms with Gasteiger partial charge in [-0.05, 0) is 30.4 Å². The molecule has 0 atom stereocenters. The molecule has 21 heavy (non-hydrogen) atoms. The smallest absolute Gasteiger partial charge is 0.234 e. The monoisotopic (exact) mass is 286 g/mol. The average molecular weight is 286 g/mol. The number of nitrogens with one attached hydrogen (secondary N) is 1. The van der Waals surface area contributed by atoms with Crippen LogP contribution >= 0.6 is 0 Å². The summed E-state index contributed by atoms with van der Waals surface area (Å²) in [7, 11) is 0. The van der Waals surface area contributed by atoms with E-state index in [1.807, 2.05) is 0 Å². The van der Waals surface area contributed by atoms with Crippen molar-refractivity contribution < 1.29 is 4.79 Å². The molecule has 0 spiro atoms. The number of benzene rings is 1. The van der Waals surface area contributed by atoms with E-state index in [-0.39, 0.29) is 5.91 Å². The van der Waals surface area contributed by atoms with E-state index < -0.39 is 0 Å². The molecule has 1 aliphatic heterocycles. The van der Waals surface area contributed by atoms with E-state index in [9.17, 15) is 4.79 Å². The summed E-state index contributed by atoms with van der Waals surface area (Å²) in [4.78, 5) is 14.5. The Balaban J connectivity index is 1.49. The first-order chi connectivity index (χ1) is 10.3. The van der Waals surface area contributed by atoms with Crippen LogP contribution in [0.4, 0.5) is 0 Å². The van der Waals surface area contributed by atoms with Gasteiger partial charge in [-0.3, -0.25) is 9.69 Å². The zero-order valence-electron chi connectivity index (χ0n) is 12.8. The third-order valence-corrected chi connectivity index (χ3v) is 4.80. The van der Waals surface area contributed by atoms with Gasteiger partial charge < -0.3 is 5.32 Å². The Morgan fingerprint density at radius 1 is 1.10 bits per heavy atom. The van der Waals surface area contributed by atoms with Crippen molar-refractivity contribution in [1.82, 2.24) is 10.2 Å². The van der Waals surface area contributed by atoms with Gasteiger partial charge >= 0.3 is 0 Å². The van der Waals surface area contributed by atoms with Crippen molar-refractivity contribution in [3.63, 3.8) is 0 Å². The van der Waals surface area contributed by atoms with E-state index in [0.717, 1.165) is 32.4 Å². The lowest BCUT2D eigenvalue weighted by Crippen LogP contribution is -2.43. The Kier molecular flexibility index (Phi) is 4.91. The average Bonchev–Trinajstić information content (AvgIpc) is 2.75. The molecule has 1 heterocycles. The van der Waals surface area contributed by atoms with Crippen LogP contribution in [0, 0.1) is 0 Å². The summed E-state index contributed by atoms with van der Waals surface area (Å²) in [5.41, 5.74) is 2.82. The quantitative estimate of drug-likeness (QED) is 0.867. The predicted molar refractivity (Wildman–Crippen MR) is 85.1 cm³/mol. The molecule has 1 amide bonds. The molecule has 1 N–H and O–H groups in total. The number of hydrogen-bond donors (Lipinski definition) is 1. The molecule has 2 aliphatic rings. The van der Waals surface area contributed by atoms with Crippen molar-refractivity contribution in [2.45, 2.75) is 57.5 Å². The maximum Gasteiger partial charge on any atom is 0.234 e. The van der Waals surface area contributed by atoms with E-state index in [0.29, 0.717) is 12.6 Å². The number of amides is 1. The SMILES string of the molecule is O=C(CN1CCc2ccccc2C1)NC1CCCCCC1. The molecule has 0 radical (unpaired) electrons. The first kappa shape index (κ1) is 14.6. The zero-order chi connectivity index (χ0) is 14.5. The van der Waals surface area contributed by atoms with Gasteiger partial charge in [0.25, 0.3) is 0 Å². The molecular weight excluding hydrogens is 260 g/mol. The largest absolute Gasteiger partial charge is 0.352 e. The van der Waals surface area contributed by atoms with Crippen LogP contribution in [0.2, 0.25) is 0 Å². The maximum atomic E-state index is 12.3. The second kappa shape index (κ2) is 7.08. The number of rotatable bonds is 3. The first-order valence-electron chi connectivity index (χ1n) is 8.40. The summed E-state index contributed by atoms with van der Waals surface area (Å²) in [6.07, 6.45) is 8.57. The molecule has 1 aliphatic carbocycles. The molecule has 0 unspecified atom stereocenters. The molecule has 1 aromatic rings. The third-order valence-electron chi connectivity index (χ3n) is 4.80. The molecule has 3 heteroatoms. The fourth-order valence-corrected chi connectivity index (χ4v) is 3.59. The van der Waals surface area contributed by atoms with Crippen LogP contribution in [0.25, 0.3) is 0 Å². The molecule has 3 nitrogen and oxygen atoms in total. The van der Waals surface area contributed by atoms with Gasteiger partial charge in [0, 0.05) is 19.1 Å². The topological polar surface area (TPSA) is 32.3 Å². The second-order valence-corrected chi connectivity index (χ2v) is 6.49. The minimum Gasteiger partial charge on any atom is -0.352 e. The molecule has 0 bridgehead atoms. The summed E-state index contributed by atoms with van der Waals surface area (Å²) in [5.74, 6) is 0.210. The van der Waals surface area contributed by atoms with Gasteiger partial charge in [0.15, 0.2) is 0 Å². The molecule has 114 valence electrons. The van der Waals surface area contributed by atoms with Crippen LogP contribution in [0.1, 0.15) is 49.7 Å². The van der Waals surface area contributed by atoms with Gasteiger partial charge in [-0.25, -0.2) is 0 Å².